The molecule has 0 aliphatic heterocycles. The molecule has 0 atom stereocenters. The highest BCUT2D eigenvalue weighted by atomic mass is 16.3. The summed E-state index contributed by atoms with van der Waals surface area (Å²) in [5.41, 5.74) is 2.05. The molecule has 0 bridgehead atoms. The first kappa shape index (κ1) is 17.4. The third kappa shape index (κ3) is 4.54. The van der Waals surface area contributed by atoms with Gasteiger partial charge in [-0.25, -0.2) is 0 Å². The fourth-order valence-electron chi connectivity index (χ4n) is 2.96. The summed E-state index contributed by atoms with van der Waals surface area (Å²) in [6, 6.07) is 17.4. The molecule has 3 rings (SSSR count). The minimum Gasteiger partial charge on any atom is -0.388 e. The van der Waals surface area contributed by atoms with Crippen LogP contribution < -0.4 is 5.32 Å². The minimum absolute atomic E-state index is 0.0443. The first-order valence-electron chi connectivity index (χ1n) is 8.74. The third-order valence-corrected chi connectivity index (χ3v) is 4.79. The summed E-state index contributed by atoms with van der Waals surface area (Å²) < 4.78 is 0. The maximum Gasteiger partial charge on any atom is 0.220 e. The normalized spacial score (nSPS) is 15.2. The zero-order chi connectivity index (χ0) is 17.7. The fraction of sp³-hybridized carbons (Fsp3) is 0.333. The van der Waals surface area contributed by atoms with E-state index < -0.39 is 5.60 Å². The molecule has 4 heteroatoms. The van der Waals surface area contributed by atoms with E-state index in [0.29, 0.717) is 5.56 Å². The van der Waals surface area contributed by atoms with E-state index in [4.69, 9.17) is 0 Å². The van der Waals surface area contributed by atoms with Crippen LogP contribution in [0.25, 0.3) is 11.1 Å². The molecule has 0 spiro atoms. The van der Waals surface area contributed by atoms with Crippen LogP contribution in [0.2, 0.25) is 0 Å². The van der Waals surface area contributed by atoms with E-state index in [0.717, 1.165) is 30.4 Å². The standard InChI is InChI=1S/C21H23NO3/c23-19(11-12-20(24)22-15-21(25)13-4-14-21)18-9-7-17(8-10-18)16-5-2-1-3-6-16/h1-3,5-10,25H,4,11-15H2,(H,22,24). The molecule has 0 saturated heterocycles. The molecule has 0 aromatic heterocycles. The Morgan fingerprint density at radius 1 is 0.920 bits per heavy atom. The third-order valence-electron chi connectivity index (χ3n) is 4.79. The number of ketones is 1. The highest BCUT2D eigenvalue weighted by molar-refractivity contribution is 5.98. The molecule has 2 aromatic rings. The van der Waals surface area contributed by atoms with Crippen molar-refractivity contribution in [3.8, 4) is 11.1 Å². The lowest BCUT2D eigenvalue weighted by molar-refractivity contribution is -0.123. The summed E-state index contributed by atoms with van der Waals surface area (Å²) in [6.45, 7) is 0.284. The summed E-state index contributed by atoms with van der Waals surface area (Å²) in [5.74, 6) is -0.230. The second-order valence-electron chi connectivity index (χ2n) is 6.72. The number of benzene rings is 2. The summed E-state index contributed by atoms with van der Waals surface area (Å²) in [5, 5.41) is 12.7. The van der Waals surface area contributed by atoms with Crippen LogP contribution in [0.1, 0.15) is 42.5 Å². The van der Waals surface area contributed by atoms with Crippen molar-refractivity contribution in [3.63, 3.8) is 0 Å². The summed E-state index contributed by atoms with van der Waals surface area (Å²) in [4.78, 5) is 24.1. The maximum absolute atomic E-state index is 12.2. The minimum atomic E-state index is -0.729. The van der Waals surface area contributed by atoms with Crippen LogP contribution >= 0.6 is 0 Å². The van der Waals surface area contributed by atoms with Crippen molar-refractivity contribution in [3.05, 3.63) is 60.2 Å². The van der Waals surface area contributed by atoms with E-state index in [1.54, 1.807) is 12.1 Å². The molecule has 1 saturated carbocycles. The summed E-state index contributed by atoms with van der Waals surface area (Å²) in [7, 11) is 0. The Balaban J connectivity index is 1.48. The van der Waals surface area contributed by atoms with Crippen molar-refractivity contribution < 1.29 is 14.7 Å². The van der Waals surface area contributed by atoms with Crippen molar-refractivity contribution in [1.29, 1.82) is 0 Å². The van der Waals surface area contributed by atoms with Gasteiger partial charge >= 0.3 is 0 Å². The molecule has 2 N–H and O–H groups in total. The SMILES string of the molecule is O=C(CCC(=O)c1ccc(-c2ccccc2)cc1)NCC1(O)CCC1. The Morgan fingerprint density at radius 2 is 1.56 bits per heavy atom. The number of hydrogen-bond acceptors (Lipinski definition) is 3. The monoisotopic (exact) mass is 337 g/mol. The van der Waals surface area contributed by atoms with Gasteiger partial charge in [0.2, 0.25) is 5.91 Å². The lowest BCUT2D eigenvalue weighted by atomic mass is 9.80. The van der Waals surface area contributed by atoms with Crippen molar-refractivity contribution in [2.24, 2.45) is 0 Å². The lowest BCUT2D eigenvalue weighted by Gasteiger charge is -2.36. The van der Waals surface area contributed by atoms with E-state index >= 15 is 0 Å². The number of amides is 1. The van der Waals surface area contributed by atoms with Crippen molar-refractivity contribution >= 4 is 11.7 Å². The topological polar surface area (TPSA) is 66.4 Å². The number of hydrogen-bond donors (Lipinski definition) is 2. The van der Waals surface area contributed by atoms with Gasteiger partial charge in [-0.05, 0) is 30.4 Å². The van der Waals surface area contributed by atoms with Crippen molar-refractivity contribution in [2.45, 2.75) is 37.7 Å². The Kier molecular flexibility index (Phi) is 5.29. The van der Waals surface area contributed by atoms with Crippen LogP contribution in [-0.4, -0.2) is 28.9 Å². The van der Waals surface area contributed by atoms with Gasteiger partial charge in [0.15, 0.2) is 5.78 Å². The van der Waals surface area contributed by atoms with Gasteiger partial charge in [-0.15, -0.1) is 0 Å². The Hall–Kier alpha value is -2.46. The van der Waals surface area contributed by atoms with Crippen molar-refractivity contribution in [2.75, 3.05) is 6.54 Å². The molecule has 1 aliphatic carbocycles. The first-order chi connectivity index (χ1) is 12.1. The quantitative estimate of drug-likeness (QED) is 0.762. The van der Waals surface area contributed by atoms with Crippen LogP contribution in [0.3, 0.4) is 0 Å². The Bertz CT molecular complexity index is 733. The van der Waals surface area contributed by atoms with Crippen LogP contribution in [0.15, 0.2) is 54.6 Å². The highest BCUT2D eigenvalue weighted by Crippen LogP contribution is 2.30. The Morgan fingerprint density at radius 3 is 2.16 bits per heavy atom. The second-order valence-corrected chi connectivity index (χ2v) is 6.72. The molecule has 1 amide bonds. The molecule has 0 unspecified atom stereocenters. The van der Waals surface area contributed by atoms with E-state index in [1.165, 1.54) is 0 Å². The molecular weight excluding hydrogens is 314 g/mol. The molecule has 25 heavy (non-hydrogen) atoms. The van der Waals surface area contributed by atoms with Gasteiger partial charge in [-0.1, -0.05) is 54.6 Å². The van der Waals surface area contributed by atoms with E-state index in [1.807, 2.05) is 42.5 Å². The highest BCUT2D eigenvalue weighted by Gasteiger charge is 2.34. The second kappa shape index (κ2) is 7.62. The molecule has 2 aromatic carbocycles. The molecule has 0 radical (unpaired) electrons. The van der Waals surface area contributed by atoms with E-state index in [2.05, 4.69) is 5.32 Å². The van der Waals surface area contributed by atoms with Crippen LogP contribution in [0, 0.1) is 0 Å². The predicted octanol–water partition coefficient (Wildman–Crippen LogP) is 3.35. The average molecular weight is 337 g/mol. The summed E-state index contributed by atoms with van der Waals surface area (Å²) in [6.07, 6.45) is 2.80. The zero-order valence-electron chi connectivity index (χ0n) is 14.2. The first-order valence-corrected chi connectivity index (χ1v) is 8.74. The number of nitrogens with one attached hydrogen (secondary N) is 1. The Labute approximate surface area is 147 Å². The average Bonchev–Trinajstić information content (AvgIpc) is 2.63. The van der Waals surface area contributed by atoms with Gasteiger partial charge in [0.25, 0.3) is 0 Å². The van der Waals surface area contributed by atoms with Gasteiger partial charge in [0, 0.05) is 24.9 Å². The van der Waals surface area contributed by atoms with Crippen LogP contribution in [0.5, 0.6) is 0 Å². The molecule has 0 heterocycles. The molecular formula is C21H23NO3. The van der Waals surface area contributed by atoms with Gasteiger partial charge in [0.05, 0.1) is 5.60 Å². The summed E-state index contributed by atoms with van der Waals surface area (Å²) >= 11 is 0. The smallest absolute Gasteiger partial charge is 0.220 e. The number of rotatable bonds is 7. The zero-order valence-corrected chi connectivity index (χ0v) is 14.2. The van der Waals surface area contributed by atoms with E-state index in [-0.39, 0.29) is 31.1 Å². The predicted molar refractivity (Wildman–Crippen MR) is 97.3 cm³/mol. The number of carbonyl (C=O) groups excluding carboxylic acids is 2. The van der Waals surface area contributed by atoms with Crippen LogP contribution in [-0.2, 0) is 4.79 Å². The maximum atomic E-state index is 12.2. The van der Waals surface area contributed by atoms with Gasteiger partial charge in [-0.3, -0.25) is 9.59 Å². The molecule has 4 nitrogen and oxygen atoms in total. The van der Waals surface area contributed by atoms with Gasteiger partial charge in [0.1, 0.15) is 0 Å². The van der Waals surface area contributed by atoms with Crippen LogP contribution in [0.4, 0.5) is 0 Å². The number of aliphatic hydroxyl groups is 1. The number of carbonyl (C=O) groups is 2. The van der Waals surface area contributed by atoms with Gasteiger partial charge in [-0.2, -0.15) is 0 Å². The molecule has 130 valence electrons. The molecule has 1 fully saturated rings. The van der Waals surface area contributed by atoms with Gasteiger partial charge < -0.3 is 10.4 Å². The molecule has 1 aliphatic rings. The van der Waals surface area contributed by atoms with E-state index in [9.17, 15) is 14.7 Å². The lowest BCUT2D eigenvalue weighted by Crippen LogP contribution is -2.47. The largest absolute Gasteiger partial charge is 0.388 e. The van der Waals surface area contributed by atoms with Crippen molar-refractivity contribution in [1.82, 2.24) is 5.32 Å². The number of Topliss-reactive ketones (excluding diaryl/α,β-unsaturated/α-hetero) is 1. The fourth-order valence-corrected chi connectivity index (χ4v) is 2.96.